The van der Waals surface area contributed by atoms with E-state index in [1.807, 2.05) is 26.0 Å². The lowest BCUT2D eigenvalue weighted by Crippen LogP contribution is -2.35. The maximum atomic E-state index is 14.8. The number of carbonyl (C=O) groups excluding carboxylic acids is 1. The summed E-state index contributed by atoms with van der Waals surface area (Å²) >= 11 is 0. The zero-order valence-corrected chi connectivity index (χ0v) is 20.7. The molecule has 0 bridgehead atoms. The quantitative estimate of drug-likeness (QED) is 0.504. The van der Waals surface area contributed by atoms with E-state index in [1.54, 1.807) is 6.07 Å². The Bertz CT molecular complexity index is 1060. The van der Waals surface area contributed by atoms with Crippen molar-refractivity contribution in [2.24, 2.45) is 11.8 Å². The zero-order valence-electron chi connectivity index (χ0n) is 20.7. The lowest BCUT2D eigenvalue weighted by Gasteiger charge is -2.30. The number of halogens is 3. The summed E-state index contributed by atoms with van der Waals surface area (Å²) in [6, 6.07) is 5.49. The number of benzene rings is 1. The first-order valence-corrected chi connectivity index (χ1v) is 12.6. The van der Waals surface area contributed by atoms with Gasteiger partial charge in [-0.15, -0.1) is 0 Å². The fourth-order valence-corrected chi connectivity index (χ4v) is 4.56. The zero-order chi connectivity index (χ0) is 25.7. The second-order valence-electron chi connectivity index (χ2n) is 9.81. The molecule has 2 aliphatic rings. The van der Waals surface area contributed by atoms with Crippen molar-refractivity contribution in [3.63, 3.8) is 0 Å². The van der Waals surface area contributed by atoms with E-state index in [2.05, 4.69) is 20.4 Å². The first kappa shape index (κ1) is 26.0. The number of rotatable bonds is 9. The number of nitrogens with zero attached hydrogens (tertiary/aromatic N) is 3. The SMILES string of the molecule is CC(C)c1noc(N2CCC(COc3ccc(C4=CCC(C(=O)NCC(F)F)CC4)cc3F)CC2)n1. The van der Waals surface area contributed by atoms with Gasteiger partial charge in [0.05, 0.1) is 13.2 Å². The van der Waals surface area contributed by atoms with E-state index in [1.165, 1.54) is 6.07 Å². The highest BCUT2D eigenvalue weighted by Gasteiger charge is 2.25. The molecule has 2 aromatic rings. The van der Waals surface area contributed by atoms with Crippen LogP contribution < -0.4 is 15.0 Å². The van der Waals surface area contributed by atoms with Gasteiger partial charge in [0.25, 0.3) is 6.43 Å². The fourth-order valence-electron chi connectivity index (χ4n) is 4.56. The predicted octanol–water partition coefficient (Wildman–Crippen LogP) is 5.19. The normalized spacial score (nSPS) is 19.0. The highest BCUT2D eigenvalue weighted by molar-refractivity contribution is 5.80. The van der Waals surface area contributed by atoms with E-state index in [9.17, 15) is 18.0 Å². The Morgan fingerprint density at radius 1 is 1.25 bits per heavy atom. The highest BCUT2D eigenvalue weighted by Crippen LogP contribution is 2.33. The first-order chi connectivity index (χ1) is 17.3. The molecule has 7 nitrogen and oxygen atoms in total. The molecule has 1 aliphatic heterocycles. The molecule has 1 aromatic heterocycles. The number of amides is 1. The van der Waals surface area contributed by atoms with Crippen molar-refractivity contribution in [3.8, 4) is 5.75 Å². The van der Waals surface area contributed by atoms with Crippen LogP contribution in [0.4, 0.5) is 19.2 Å². The molecule has 36 heavy (non-hydrogen) atoms. The van der Waals surface area contributed by atoms with E-state index >= 15 is 0 Å². The Labute approximate surface area is 209 Å². The average Bonchev–Trinajstić information content (AvgIpc) is 3.38. The van der Waals surface area contributed by atoms with Gasteiger partial charge in [0.2, 0.25) is 5.91 Å². The van der Waals surface area contributed by atoms with Crippen LogP contribution in [0.5, 0.6) is 5.75 Å². The minimum Gasteiger partial charge on any atom is -0.490 e. The molecule has 196 valence electrons. The molecule has 1 N–H and O–H groups in total. The molecule has 2 heterocycles. The van der Waals surface area contributed by atoms with E-state index in [4.69, 9.17) is 9.26 Å². The van der Waals surface area contributed by atoms with E-state index in [0.717, 1.165) is 37.1 Å². The van der Waals surface area contributed by atoms with Crippen LogP contribution >= 0.6 is 0 Å². The maximum Gasteiger partial charge on any atom is 0.324 e. The van der Waals surface area contributed by atoms with E-state index < -0.39 is 18.8 Å². The summed E-state index contributed by atoms with van der Waals surface area (Å²) in [6.07, 6.45) is 2.69. The van der Waals surface area contributed by atoms with Crippen LogP contribution in [0, 0.1) is 17.7 Å². The van der Waals surface area contributed by atoms with Gasteiger partial charge in [-0.05, 0) is 61.3 Å². The minimum atomic E-state index is -2.56. The Morgan fingerprint density at radius 3 is 2.64 bits per heavy atom. The summed E-state index contributed by atoms with van der Waals surface area (Å²) in [4.78, 5) is 18.5. The van der Waals surface area contributed by atoms with Crippen molar-refractivity contribution in [3.05, 3.63) is 41.5 Å². The van der Waals surface area contributed by atoms with Crippen molar-refractivity contribution in [2.75, 3.05) is 31.1 Å². The lowest BCUT2D eigenvalue weighted by molar-refractivity contribution is -0.125. The number of hydrogen-bond acceptors (Lipinski definition) is 6. The number of alkyl halides is 2. The number of ether oxygens (including phenoxy) is 1. The molecule has 1 atom stereocenters. The number of hydrogen-bond donors (Lipinski definition) is 1. The van der Waals surface area contributed by atoms with Gasteiger partial charge in [-0.1, -0.05) is 31.1 Å². The molecule has 1 saturated heterocycles. The van der Waals surface area contributed by atoms with Crippen LogP contribution in [0.25, 0.3) is 5.57 Å². The minimum absolute atomic E-state index is 0.215. The van der Waals surface area contributed by atoms with Gasteiger partial charge in [-0.2, -0.15) is 4.98 Å². The van der Waals surface area contributed by atoms with Gasteiger partial charge in [0.15, 0.2) is 17.4 Å². The monoisotopic (exact) mass is 506 g/mol. The van der Waals surface area contributed by atoms with Crippen LogP contribution in [0.15, 0.2) is 28.8 Å². The molecule has 1 unspecified atom stereocenters. The fraction of sp³-hybridized carbons (Fsp3) is 0.577. The smallest absolute Gasteiger partial charge is 0.324 e. The number of piperidine rings is 1. The van der Waals surface area contributed by atoms with Crippen LogP contribution in [0.1, 0.15) is 63.3 Å². The molecule has 0 saturated carbocycles. The van der Waals surface area contributed by atoms with Crippen molar-refractivity contribution in [2.45, 2.75) is 58.3 Å². The van der Waals surface area contributed by atoms with Gasteiger partial charge in [0, 0.05) is 24.9 Å². The van der Waals surface area contributed by atoms with Crippen molar-refractivity contribution in [1.82, 2.24) is 15.5 Å². The summed E-state index contributed by atoms with van der Waals surface area (Å²) < 4.78 is 50.5. The third-order valence-corrected chi connectivity index (χ3v) is 6.82. The van der Waals surface area contributed by atoms with Crippen LogP contribution in [-0.2, 0) is 4.79 Å². The molecule has 10 heteroatoms. The number of allylic oxidation sites excluding steroid dienone is 2. The van der Waals surface area contributed by atoms with Crippen molar-refractivity contribution in [1.29, 1.82) is 0 Å². The molecule has 1 aromatic carbocycles. The lowest BCUT2D eigenvalue weighted by atomic mass is 9.86. The molecular weight excluding hydrogens is 473 g/mol. The summed E-state index contributed by atoms with van der Waals surface area (Å²) in [5.41, 5.74) is 1.70. The van der Waals surface area contributed by atoms with Crippen LogP contribution in [0.3, 0.4) is 0 Å². The summed E-state index contributed by atoms with van der Waals surface area (Å²) in [6.45, 7) is 5.41. The molecule has 4 rings (SSSR count). The Kier molecular flexibility index (Phi) is 8.53. The summed E-state index contributed by atoms with van der Waals surface area (Å²) in [7, 11) is 0. The van der Waals surface area contributed by atoms with Crippen molar-refractivity contribution >= 4 is 17.5 Å². The van der Waals surface area contributed by atoms with Crippen LogP contribution in [-0.4, -0.2) is 48.7 Å². The topological polar surface area (TPSA) is 80.5 Å². The van der Waals surface area contributed by atoms with Gasteiger partial charge < -0.3 is 19.5 Å². The average molecular weight is 507 g/mol. The second kappa shape index (κ2) is 11.8. The number of aromatic nitrogens is 2. The van der Waals surface area contributed by atoms with Gasteiger partial charge in [-0.3, -0.25) is 4.79 Å². The molecule has 0 radical (unpaired) electrons. The summed E-state index contributed by atoms with van der Waals surface area (Å²) in [5, 5.41) is 6.29. The molecule has 0 spiro atoms. The molecule has 1 fully saturated rings. The Morgan fingerprint density at radius 2 is 2.03 bits per heavy atom. The van der Waals surface area contributed by atoms with Crippen LogP contribution in [0.2, 0.25) is 0 Å². The van der Waals surface area contributed by atoms with Gasteiger partial charge in [0.1, 0.15) is 0 Å². The maximum absolute atomic E-state index is 14.8. The Balaban J connectivity index is 1.25. The van der Waals surface area contributed by atoms with E-state index in [-0.39, 0.29) is 23.5 Å². The summed E-state index contributed by atoms with van der Waals surface area (Å²) in [5.74, 6) is 0.338. The molecule has 1 amide bonds. The van der Waals surface area contributed by atoms with E-state index in [0.29, 0.717) is 43.6 Å². The van der Waals surface area contributed by atoms with Crippen molar-refractivity contribution < 1.29 is 27.2 Å². The first-order valence-electron chi connectivity index (χ1n) is 12.6. The Hall–Kier alpha value is -3.04. The standard InChI is InChI=1S/C26H33F3N4O3/c1-16(2)24-31-26(36-32-24)33-11-9-17(10-12-33)15-35-22-8-7-20(13-21(22)27)18-3-5-19(6-4-18)25(34)30-14-23(28)29/h3,7-8,13,16-17,19,23H,4-6,9-12,14-15H2,1-2H3,(H,30,34). The number of anilines is 1. The third-order valence-electron chi connectivity index (χ3n) is 6.82. The molecular formula is C26H33F3N4O3. The third kappa shape index (κ3) is 6.59. The number of carbonyl (C=O) groups is 1. The van der Waals surface area contributed by atoms with Gasteiger partial charge in [-0.25, -0.2) is 13.2 Å². The number of nitrogens with one attached hydrogen (secondary N) is 1. The highest BCUT2D eigenvalue weighted by atomic mass is 19.3. The molecule has 1 aliphatic carbocycles. The van der Waals surface area contributed by atoms with Gasteiger partial charge >= 0.3 is 6.01 Å². The predicted molar refractivity (Wildman–Crippen MR) is 130 cm³/mol. The second-order valence-corrected chi connectivity index (χ2v) is 9.81. The largest absolute Gasteiger partial charge is 0.490 e.